The van der Waals surface area contributed by atoms with Gasteiger partial charge in [-0.3, -0.25) is 9.78 Å². The fourth-order valence-electron chi connectivity index (χ4n) is 3.25. The fraction of sp³-hybridized carbons (Fsp3) is 0.400. The molecule has 1 fully saturated rings. The monoisotopic (exact) mass is 323 g/mol. The van der Waals surface area contributed by atoms with Gasteiger partial charge in [-0.2, -0.15) is 0 Å². The molecule has 4 nitrogen and oxygen atoms in total. The van der Waals surface area contributed by atoms with Crippen molar-refractivity contribution in [2.75, 3.05) is 24.5 Å². The van der Waals surface area contributed by atoms with Gasteiger partial charge < -0.3 is 10.2 Å². The first kappa shape index (κ1) is 16.5. The summed E-state index contributed by atoms with van der Waals surface area (Å²) >= 11 is 0. The van der Waals surface area contributed by atoms with Gasteiger partial charge in [-0.15, -0.1) is 0 Å². The molecule has 1 aliphatic rings. The smallest absolute Gasteiger partial charge is 0.251 e. The number of pyridine rings is 1. The van der Waals surface area contributed by atoms with Crippen LogP contribution in [-0.2, 0) is 0 Å². The number of nitrogens with one attached hydrogen (secondary N) is 1. The summed E-state index contributed by atoms with van der Waals surface area (Å²) in [5.74, 6) is 0.595. The van der Waals surface area contributed by atoms with E-state index in [2.05, 4.69) is 21.3 Å². The van der Waals surface area contributed by atoms with Crippen LogP contribution in [0.2, 0.25) is 0 Å². The average Bonchev–Trinajstić information content (AvgIpc) is 2.63. The molecular formula is C20H25N3O. The second kappa shape index (κ2) is 7.47. The summed E-state index contributed by atoms with van der Waals surface area (Å²) < 4.78 is 0. The van der Waals surface area contributed by atoms with E-state index in [1.807, 2.05) is 44.3 Å². The number of carbonyl (C=O) groups is 1. The number of aromatic nitrogens is 1. The van der Waals surface area contributed by atoms with Crippen LogP contribution >= 0.6 is 0 Å². The lowest BCUT2D eigenvalue weighted by Crippen LogP contribution is -2.38. The Morgan fingerprint density at radius 1 is 1.25 bits per heavy atom. The van der Waals surface area contributed by atoms with Crippen molar-refractivity contribution in [2.24, 2.45) is 5.92 Å². The van der Waals surface area contributed by atoms with Gasteiger partial charge in [0.1, 0.15) is 0 Å². The molecule has 1 aromatic heterocycles. The molecule has 1 amide bonds. The molecule has 0 spiro atoms. The number of benzene rings is 1. The van der Waals surface area contributed by atoms with Crippen LogP contribution in [0, 0.1) is 19.8 Å². The summed E-state index contributed by atoms with van der Waals surface area (Å²) in [6.45, 7) is 6.81. The van der Waals surface area contributed by atoms with E-state index in [4.69, 9.17) is 0 Å². The van der Waals surface area contributed by atoms with Crippen LogP contribution in [0.3, 0.4) is 0 Å². The SMILES string of the molecule is Cc1ccc(C)c(C(=O)NCC2CCN(c3cccnc3)CC2)c1. The number of rotatable bonds is 4. The maximum atomic E-state index is 12.4. The Hall–Kier alpha value is -2.36. The van der Waals surface area contributed by atoms with Gasteiger partial charge in [0.25, 0.3) is 5.91 Å². The molecular weight excluding hydrogens is 298 g/mol. The van der Waals surface area contributed by atoms with Crippen molar-refractivity contribution < 1.29 is 4.79 Å². The molecule has 0 unspecified atom stereocenters. The van der Waals surface area contributed by atoms with Crippen LogP contribution in [0.5, 0.6) is 0 Å². The second-order valence-electron chi connectivity index (χ2n) is 6.67. The standard InChI is InChI=1S/C20H25N3O/c1-15-5-6-16(2)19(12-15)20(24)22-13-17-7-10-23(11-8-17)18-4-3-9-21-14-18/h3-6,9,12,14,17H,7-8,10-11,13H2,1-2H3,(H,22,24). The lowest BCUT2D eigenvalue weighted by molar-refractivity contribution is 0.0944. The predicted molar refractivity (Wildman–Crippen MR) is 97.4 cm³/mol. The third-order valence-electron chi connectivity index (χ3n) is 4.81. The van der Waals surface area contributed by atoms with Crippen molar-refractivity contribution in [3.05, 3.63) is 59.4 Å². The Kier molecular flexibility index (Phi) is 5.14. The molecule has 1 N–H and O–H groups in total. The van der Waals surface area contributed by atoms with Gasteiger partial charge in [-0.1, -0.05) is 17.7 Å². The van der Waals surface area contributed by atoms with Crippen molar-refractivity contribution in [1.29, 1.82) is 0 Å². The maximum absolute atomic E-state index is 12.4. The fourth-order valence-corrected chi connectivity index (χ4v) is 3.25. The molecule has 2 heterocycles. The molecule has 126 valence electrons. The third-order valence-corrected chi connectivity index (χ3v) is 4.81. The summed E-state index contributed by atoms with van der Waals surface area (Å²) in [7, 11) is 0. The molecule has 4 heteroatoms. The lowest BCUT2D eigenvalue weighted by atomic mass is 9.96. The Bertz CT molecular complexity index is 691. The number of aryl methyl sites for hydroxylation is 2. The number of nitrogens with zero attached hydrogens (tertiary/aromatic N) is 2. The van der Waals surface area contributed by atoms with Crippen LogP contribution in [0.15, 0.2) is 42.7 Å². The molecule has 0 radical (unpaired) electrons. The molecule has 1 aromatic carbocycles. The van der Waals surface area contributed by atoms with Gasteiger partial charge in [-0.25, -0.2) is 0 Å². The minimum Gasteiger partial charge on any atom is -0.370 e. The summed E-state index contributed by atoms with van der Waals surface area (Å²) in [5, 5.41) is 3.12. The van der Waals surface area contributed by atoms with Gasteiger partial charge in [0.05, 0.1) is 11.9 Å². The summed E-state index contributed by atoms with van der Waals surface area (Å²) in [4.78, 5) is 19.0. The van der Waals surface area contributed by atoms with E-state index in [1.165, 1.54) is 5.69 Å². The largest absolute Gasteiger partial charge is 0.370 e. The van der Waals surface area contributed by atoms with Crippen LogP contribution in [0.4, 0.5) is 5.69 Å². The molecule has 24 heavy (non-hydrogen) atoms. The molecule has 1 aliphatic heterocycles. The van der Waals surface area contributed by atoms with Gasteiger partial charge >= 0.3 is 0 Å². The maximum Gasteiger partial charge on any atom is 0.251 e. The van der Waals surface area contributed by atoms with Gasteiger partial charge in [0.2, 0.25) is 0 Å². The number of carbonyl (C=O) groups excluding carboxylic acids is 1. The summed E-state index contributed by atoms with van der Waals surface area (Å²) in [6.07, 6.45) is 5.92. The minimum atomic E-state index is 0.0471. The third kappa shape index (κ3) is 3.94. The Morgan fingerprint density at radius 3 is 2.75 bits per heavy atom. The zero-order valence-corrected chi connectivity index (χ0v) is 14.5. The van der Waals surface area contributed by atoms with Crippen LogP contribution in [0.25, 0.3) is 0 Å². The molecule has 0 bridgehead atoms. The van der Waals surface area contributed by atoms with Gasteiger partial charge in [0.15, 0.2) is 0 Å². The van der Waals surface area contributed by atoms with Crippen LogP contribution in [0.1, 0.15) is 34.3 Å². The van der Waals surface area contributed by atoms with Crippen molar-refractivity contribution in [3.8, 4) is 0 Å². The van der Waals surface area contributed by atoms with Crippen LogP contribution < -0.4 is 10.2 Å². The van der Waals surface area contributed by atoms with Crippen molar-refractivity contribution >= 4 is 11.6 Å². The highest BCUT2D eigenvalue weighted by atomic mass is 16.1. The highest BCUT2D eigenvalue weighted by Gasteiger charge is 2.20. The molecule has 0 aliphatic carbocycles. The zero-order valence-electron chi connectivity index (χ0n) is 14.5. The number of amides is 1. The molecule has 3 rings (SSSR count). The zero-order chi connectivity index (χ0) is 16.9. The Morgan fingerprint density at radius 2 is 2.04 bits per heavy atom. The summed E-state index contributed by atoms with van der Waals surface area (Å²) in [5.41, 5.74) is 4.14. The highest BCUT2D eigenvalue weighted by Crippen LogP contribution is 2.22. The van der Waals surface area contributed by atoms with E-state index >= 15 is 0 Å². The second-order valence-corrected chi connectivity index (χ2v) is 6.67. The average molecular weight is 323 g/mol. The minimum absolute atomic E-state index is 0.0471. The van der Waals surface area contributed by atoms with Gasteiger partial charge in [-0.05, 0) is 56.4 Å². The van der Waals surface area contributed by atoms with E-state index < -0.39 is 0 Å². The summed E-state index contributed by atoms with van der Waals surface area (Å²) in [6, 6.07) is 10.1. The number of hydrogen-bond donors (Lipinski definition) is 1. The Labute approximate surface area is 143 Å². The number of anilines is 1. The molecule has 1 saturated heterocycles. The first-order chi connectivity index (χ1) is 11.6. The quantitative estimate of drug-likeness (QED) is 0.938. The van der Waals surface area contributed by atoms with E-state index in [1.54, 1.807) is 6.20 Å². The van der Waals surface area contributed by atoms with Crippen LogP contribution in [-0.4, -0.2) is 30.5 Å². The number of piperidine rings is 1. The first-order valence-electron chi connectivity index (χ1n) is 8.64. The first-order valence-corrected chi connectivity index (χ1v) is 8.64. The van der Waals surface area contributed by atoms with Crippen molar-refractivity contribution in [1.82, 2.24) is 10.3 Å². The van der Waals surface area contributed by atoms with E-state index in [-0.39, 0.29) is 5.91 Å². The molecule has 2 aromatic rings. The van der Waals surface area contributed by atoms with Crippen molar-refractivity contribution in [3.63, 3.8) is 0 Å². The molecule has 0 saturated carbocycles. The predicted octanol–water partition coefficient (Wildman–Crippen LogP) is 3.34. The van der Waals surface area contributed by atoms with Gasteiger partial charge in [0, 0.05) is 31.4 Å². The Balaban J connectivity index is 1.50. The van der Waals surface area contributed by atoms with E-state index in [0.717, 1.165) is 49.2 Å². The highest BCUT2D eigenvalue weighted by molar-refractivity contribution is 5.95. The topological polar surface area (TPSA) is 45.2 Å². The lowest BCUT2D eigenvalue weighted by Gasteiger charge is -2.33. The normalized spacial score (nSPS) is 15.3. The van der Waals surface area contributed by atoms with Crippen molar-refractivity contribution in [2.45, 2.75) is 26.7 Å². The van der Waals surface area contributed by atoms with E-state index in [9.17, 15) is 4.79 Å². The molecule has 0 atom stereocenters. The van der Waals surface area contributed by atoms with E-state index in [0.29, 0.717) is 5.92 Å². The number of hydrogen-bond acceptors (Lipinski definition) is 3.